The second-order valence-electron chi connectivity index (χ2n) is 7.37. The van der Waals surface area contributed by atoms with Crippen molar-refractivity contribution in [3.05, 3.63) is 106 Å². The van der Waals surface area contributed by atoms with Crippen LogP contribution < -0.4 is 5.56 Å². The van der Waals surface area contributed by atoms with Gasteiger partial charge in [-0.05, 0) is 35.9 Å². The Kier molecular flexibility index (Phi) is 6.81. The highest BCUT2D eigenvalue weighted by Gasteiger charge is 2.13. The number of rotatable bonds is 6. The fraction of sp³-hybridized carbons (Fsp3) is 0.0800. The van der Waals surface area contributed by atoms with Gasteiger partial charge in [-0.25, -0.2) is 32.6 Å². The van der Waals surface area contributed by atoms with E-state index in [0.29, 0.717) is 22.5 Å². The molecule has 0 radical (unpaired) electrons. The van der Waals surface area contributed by atoms with Gasteiger partial charge in [0.1, 0.15) is 0 Å². The third kappa shape index (κ3) is 5.49. The van der Waals surface area contributed by atoms with Gasteiger partial charge >= 0.3 is 5.97 Å². The molecule has 0 N–H and O–H groups in total. The third-order valence-corrected chi connectivity index (χ3v) is 4.95. The van der Waals surface area contributed by atoms with Crippen molar-refractivity contribution in [3.8, 4) is 22.6 Å². The van der Waals surface area contributed by atoms with E-state index in [1.54, 1.807) is 36.7 Å². The van der Waals surface area contributed by atoms with E-state index in [1.165, 1.54) is 31.4 Å². The Morgan fingerprint density at radius 2 is 1.71 bits per heavy atom. The first-order valence-electron chi connectivity index (χ1n) is 10.2. The average Bonchev–Trinajstić information content (AvgIpc) is 2.87. The maximum atomic E-state index is 13.6. The minimum atomic E-state index is -1.58. The SMILES string of the molecule is COC(=O)/C=C/c1cnc(-c2cccc(Cn3nc(-c4cc(F)c(F)c(F)c4)ccc3=O)c2)nc1. The molecule has 0 amide bonds. The van der Waals surface area contributed by atoms with Gasteiger partial charge in [0.15, 0.2) is 23.3 Å². The van der Waals surface area contributed by atoms with E-state index >= 15 is 0 Å². The lowest BCUT2D eigenvalue weighted by molar-refractivity contribution is -0.134. The van der Waals surface area contributed by atoms with Gasteiger partial charge in [0.05, 0.1) is 19.3 Å². The number of halogens is 3. The van der Waals surface area contributed by atoms with Crippen LogP contribution in [-0.4, -0.2) is 32.8 Å². The standard InChI is InChI=1S/C25H17F3N4O3/c1-35-23(34)8-5-16-12-29-25(30-13-16)17-4-2-3-15(9-17)14-32-22(33)7-6-21(31-32)18-10-19(26)24(28)20(27)11-18/h2-13H,14H2,1H3/b8-5+. The van der Waals surface area contributed by atoms with E-state index in [2.05, 4.69) is 19.8 Å². The number of hydrogen-bond acceptors (Lipinski definition) is 6. The van der Waals surface area contributed by atoms with Crippen LogP contribution in [0.3, 0.4) is 0 Å². The molecule has 0 saturated carbocycles. The lowest BCUT2D eigenvalue weighted by atomic mass is 10.1. The van der Waals surface area contributed by atoms with Crippen LogP contribution in [0, 0.1) is 17.5 Å². The number of esters is 1. The van der Waals surface area contributed by atoms with Crippen LogP contribution >= 0.6 is 0 Å². The normalized spacial score (nSPS) is 11.1. The van der Waals surface area contributed by atoms with Crippen LogP contribution in [0.25, 0.3) is 28.7 Å². The van der Waals surface area contributed by atoms with Crippen molar-refractivity contribution < 1.29 is 22.7 Å². The lowest BCUT2D eigenvalue weighted by Crippen LogP contribution is -2.22. The molecule has 0 spiro atoms. The highest BCUT2D eigenvalue weighted by Crippen LogP contribution is 2.22. The molecule has 4 aromatic rings. The molecule has 2 aromatic carbocycles. The third-order valence-electron chi connectivity index (χ3n) is 4.95. The highest BCUT2D eigenvalue weighted by molar-refractivity contribution is 5.86. The lowest BCUT2D eigenvalue weighted by Gasteiger charge is -2.09. The molecule has 10 heteroatoms. The second-order valence-corrected chi connectivity index (χ2v) is 7.37. The fourth-order valence-corrected chi connectivity index (χ4v) is 3.21. The van der Waals surface area contributed by atoms with E-state index in [0.717, 1.165) is 16.8 Å². The van der Waals surface area contributed by atoms with Crippen molar-refractivity contribution in [3.63, 3.8) is 0 Å². The molecule has 35 heavy (non-hydrogen) atoms. The number of aromatic nitrogens is 4. The zero-order chi connectivity index (χ0) is 24.9. The van der Waals surface area contributed by atoms with Gasteiger partial charge < -0.3 is 4.74 Å². The molecule has 176 valence electrons. The van der Waals surface area contributed by atoms with E-state index < -0.39 is 29.0 Å². The number of hydrogen-bond donors (Lipinski definition) is 0. The molecule has 0 atom stereocenters. The molecule has 0 saturated heterocycles. The first-order chi connectivity index (χ1) is 16.8. The summed E-state index contributed by atoms with van der Waals surface area (Å²) in [5, 5.41) is 4.18. The Labute approximate surface area is 197 Å². The fourth-order valence-electron chi connectivity index (χ4n) is 3.21. The van der Waals surface area contributed by atoms with E-state index in [9.17, 15) is 22.8 Å². The summed E-state index contributed by atoms with van der Waals surface area (Å²) in [4.78, 5) is 32.1. The maximum absolute atomic E-state index is 13.6. The predicted octanol–water partition coefficient (Wildman–Crippen LogP) is 4.02. The summed E-state index contributed by atoms with van der Waals surface area (Å²) in [5.41, 5.74) is 1.66. The van der Waals surface area contributed by atoms with Crippen molar-refractivity contribution in [2.24, 2.45) is 0 Å². The minimum absolute atomic E-state index is 0.00126. The molecule has 0 fully saturated rings. The van der Waals surface area contributed by atoms with Crippen LogP contribution in [0.4, 0.5) is 13.2 Å². The Morgan fingerprint density at radius 3 is 2.40 bits per heavy atom. The van der Waals surface area contributed by atoms with Crippen molar-refractivity contribution >= 4 is 12.0 Å². The predicted molar refractivity (Wildman–Crippen MR) is 121 cm³/mol. The molecule has 0 aliphatic rings. The van der Waals surface area contributed by atoms with Gasteiger partial charge in [-0.15, -0.1) is 0 Å². The first-order valence-corrected chi connectivity index (χ1v) is 10.2. The summed E-state index contributed by atoms with van der Waals surface area (Å²) >= 11 is 0. The summed E-state index contributed by atoms with van der Waals surface area (Å²) in [6.07, 6.45) is 5.87. The van der Waals surface area contributed by atoms with Gasteiger partial charge in [0, 0.05) is 41.2 Å². The summed E-state index contributed by atoms with van der Waals surface area (Å²) in [5.74, 6) is -4.34. The summed E-state index contributed by atoms with van der Waals surface area (Å²) in [7, 11) is 1.28. The Balaban J connectivity index is 1.58. The quantitative estimate of drug-likeness (QED) is 0.236. The molecule has 2 heterocycles. The van der Waals surface area contributed by atoms with Gasteiger partial charge in [-0.3, -0.25) is 4.79 Å². The zero-order valence-electron chi connectivity index (χ0n) is 18.3. The molecule has 0 bridgehead atoms. The van der Waals surface area contributed by atoms with Crippen molar-refractivity contribution in [2.45, 2.75) is 6.54 Å². The van der Waals surface area contributed by atoms with Gasteiger partial charge in [0.25, 0.3) is 5.56 Å². The largest absolute Gasteiger partial charge is 0.466 e. The maximum Gasteiger partial charge on any atom is 0.330 e. The van der Waals surface area contributed by atoms with Crippen molar-refractivity contribution in [2.75, 3.05) is 7.11 Å². The van der Waals surface area contributed by atoms with Gasteiger partial charge in [-0.2, -0.15) is 5.10 Å². The number of ether oxygens (including phenoxy) is 1. The van der Waals surface area contributed by atoms with Crippen LogP contribution in [0.2, 0.25) is 0 Å². The Morgan fingerprint density at radius 1 is 1.00 bits per heavy atom. The van der Waals surface area contributed by atoms with Crippen LogP contribution in [0.1, 0.15) is 11.1 Å². The molecule has 0 aliphatic carbocycles. The second kappa shape index (κ2) is 10.1. The number of methoxy groups -OCH3 is 1. The topological polar surface area (TPSA) is 87.0 Å². The number of carbonyl (C=O) groups is 1. The zero-order valence-corrected chi connectivity index (χ0v) is 18.3. The average molecular weight is 478 g/mol. The Hall–Kier alpha value is -4.60. The molecule has 0 aliphatic heterocycles. The van der Waals surface area contributed by atoms with E-state index in [-0.39, 0.29) is 17.8 Å². The van der Waals surface area contributed by atoms with Gasteiger partial charge in [0.2, 0.25) is 0 Å². The molecule has 2 aromatic heterocycles. The first kappa shape index (κ1) is 23.6. The molecule has 7 nitrogen and oxygen atoms in total. The van der Waals surface area contributed by atoms with Crippen molar-refractivity contribution in [1.82, 2.24) is 19.7 Å². The van der Waals surface area contributed by atoms with Gasteiger partial charge in [-0.1, -0.05) is 18.2 Å². The smallest absolute Gasteiger partial charge is 0.330 e. The number of carbonyl (C=O) groups excluding carboxylic acids is 1. The van der Waals surface area contributed by atoms with Crippen molar-refractivity contribution in [1.29, 1.82) is 0 Å². The van der Waals surface area contributed by atoms with E-state index in [4.69, 9.17) is 0 Å². The molecule has 4 rings (SSSR count). The van der Waals surface area contributed by atoms with Crippen LogP contribution in [-0.2, 0) is 16.1 Å². The Bertz CT molecular complexity index is 1460. The van der Waals surface area contributed by atoms with E-state index in [1.807, 2.05) is 0 Å². The highest BCUT2D eigenvalue weighted by atomic mass is 19.2. The summed E-state index contributed by atoms with van der Waals surface area (Å²) < 4.78 is 46.2. The number of nitrogens with zero attached hydrogens (tertiary/aromatic N) is 4. The number of benzene rings is 2. The molecular weight excluding hydrogens is 461 g/mol. The summed E-state index contributed by atoms with van der Waals surface area (Å²) in [6, 6.07) is 11.3. The summed E-state index contributed by atoms with van der Waals surface area (Å²) in [6.45, 7) is 0.0621. The molecular formula is C25H17F3N4O3. The monoisotopic (exact) mass is 478 g/mol. The van der Waals surface area contributed by atoms with Crippen LogP contribution in [0.15, 0.2) is 71.8 Å². The molecule has 0 unspecified atom stereocenters. The minimum Gasteiger partial charge on any atom is -0.466 e. The van der Waals surface area contributed by atoms with Crippen LogP contribution in [0.5, 0.6) is 0 Å².